The minimum Gasteiger partial charge on any atom is -0.338 e. The van der Waals surface area contributed by atoms with E-state index in [9.17, 15) is 9.59 Å². The fourth-order valence-electron chi connectivity index (χ4n) is 1.99. The number of nitrogens with one attached hydrogen (secondary N) is 3. The molecule has 0 fully saturated rings. The number of hydrogen-bond acceptors (Lipinski definition) is 3. The minimum atomic E-state index is -0.459. The number of benzene rings is 1. The summed E-state index contributed by atoms with van der Waals surface area (Å²) in [5, 5.41) is 7.97. The van der Waals surface area contributed by atoms with Crippen molar-refractivity contribution in [1.29, 1.82) is 0 Å². The highest BCUT2D eigenvalue weighted by molar-refractivity contribution is 5.95. The molecule has 0 aliphatic heterocycles. The summed E-state index contributed by atoms with van der Waals surface area (Å²) < 4.78 is 0. The zero-order valence-corrected chi connectivity index (χ0v) is 13.2. The van der Waals surface area contributed by atoms with Crippen LogP contribution in [0.15, 0.2) is 30.3 Å². The number of imide groups is 1. The van der Waals surface area contributed by atoms with Crippen molar-refractivity contribution in [3.63, 3.8) is 0 Å². The second-order valence-corrected chi connectivity index (χ2v) is 5.60. The highest BCUT2D eigenvalue weighted by Gasteiger charge is 2.27. The van der Waals surface area contributed by atoms with Crippen LogP contribution in [0.5, 0.6) is 0 Å². The molecule has 0 aliphatic carbocycles. The molecular formula is C16H25N3O2. The zero-order chi connectivity index (χ0) is 15.9. The molecule has 3 N–H and O–H groups in total. The highest BCUT2D eigenvalue weighted by Crippen LogP contribution is 2.26. The first-order valence-corrected chi connectivity index (χ1v) is 7.24. The molecule has 0 aliphatic rings. The molecule has 5 nitrogen and oxygen atoms in total. The predicted molar refractivity (Wildman–Crippen MR) is 84.1 cm³/mol. The maximum absolute atomic E-state index is 11.7. The number of amides is 3. The van der Waals surface area contributed by atoms with E-state index in [2.05, 4.69) is 41.9 Å². The van der Waals surface area contributed by atoms with Crippen LogP contribution in [0.2, 0.25) is 0 Å². The van der Waals surface area contributed by atoms with Gasteiger partial charge >= 0.3 is 6.03 Å². The molecule has 0 radical (unpaired) electrons. The first-order valence-electron chi connectivity index (χ1n) is 7.24. The Balaban J connectivity index is 2.51. The van der Waals surface area contributed by atoms with Gasteiger partial charge in [0, 0.05) is 18.0 Å². The first kappa shape index (κ1) is 17.2. The van der Waals surface area contributed by atoms with E-state index in [1.54, 1.807) is 6.92 Å². The van der Waals surface area contributed by atoms with Gasteiger partial charge in [0.1, 0.15) is 0 Å². The van der Waals surface area contributed by atoms with Gasteiger partial charge in [0.25, 0.3) is 0 Å². The van der Waals surface area contributed by atoms with Crippen LogP contribution in [0.25, 0.3) is 0 Å². The summed E-state index contributed by atoms with van der Waals surface area (Å²) in [7, 11) is 0. The molecule has 1 unspecified atom stereocenters. The molecule has 0 saturated carbocycles. The molecule has 5 heteroatoms. The molecule has 1 atom stereocenters. The summed E-state index contributed by atoms with van der Waals surface area (Å²) in [6.45, 7) is 8.68. The summed E-state index contributed by atoms with van der Waals surface area (Å²) in [6, 6.07) is 9.77. The Bertz CT molecular complexity index is 472. The Kier molecular flexibility index (Phi) is 6.37. The van der Waals surface area contributed by atoms with Crippen molar-refractivity contribution in [3.8, 4) is 0 Å². The zero-order valence-electron chi connectivity index (χ0n) is 13.2. The largest absolute Gasteiger partial charge is 0.338 e. The van der Waals surface area contributed by atoms with Crippen LogP contribution in [0.4, 0.5) is 4.79 Å². The molecule has 0 bridgehead atoms. The van der Waals surface area contributed by atoms with Crippen LogP contribution in [0.3, 0.4) is 0 Å². The van der Waals surface area contributed by atoms with Crippen molar-refractivity contribution in [2.45, 2.75) is 39.2 Å². The highest BCUT2D eigenvalue weighted by atomic mass is 16.2. The summed E-state index contributed by atoms with van der Waals surface area (Å²) in [5.41, 5.74) is 1.09. The average Bonchev–Trinajstić information content (AvgIpc) is 2.45. The number of carbonyl (C=O) groups excluding carboxylic acids is 2. The van der Waals surface area contributed by atoms with Gasteiger partial charge in [-0.3, -0.25) is 10.1 Å². The third kappa shape index (κ3) is 5.19. The third-order valence-corrected chi connectivity index (χ3v) is 3.76. The molecule has 116 valence electrons. The van der Waals surface area contributed by atoms with Gasteiger partial charge in [-0.15, -0.1) is 0 Å². The van der Waals surface area contributed by atoms with Crippen LogP contribution < -0.4 is 16.0 Å². The topological polar surface area (TPSA) is 70.2 Å². The lowest BCUT2D eigenvalue weighted by atomic mass is 9.78. The van der Waals surface area contributed by atoms with Crippen molar-refractivity contribution < 1.29 is 9.59 Å². The Morgan fingerprint density at radius 3 is 2.38 bits per heavy atom. The van der Waals surface area contributed by atoms with Crippen molar-refractivity contribution in [2.75, 3.05) is 13.1 Å². The van der Waals surface area contributed by atoms with Crippen molar-refractivity contribution >= 4 is 11.9 Å². The number of rotatable bonds is 6. The van der Waals surface area contributed by atoms with Crippen LogP contribution in [0, 0.1) is 0 Å². The average molecular weight is 291 g/mol. The Morgan fingerprint density at radius 1 is 1.19 bits per heavy atom. The van der Waals surface area contributed by atoms with E-state index in [1.165, 1.54) is 5.56 Å². The summed E-state index contributed by atoms with van der Waals surface area (Å²) in [5.74, 6) is -0.336. The molecular weight excluding hydrogens is 266 g/mol. The third-order valence-electron chi connectivity index (χ3n) is 3.76. The summed E-state index contributed by atoms with van der Waals surface area (Å²) in [4.78, 5) is 22.9. The van der Waals surface area contributed by atoms with Crippen molar-refractivity contribution in [2.24, 2.45) is 0 Å². The normalized spacial score (nSPS) is 12.6. The van der Waals surface area contributed by atoms with Gasteiger partial charge in [-0.25, -0.2) is 4.79 Å². The second kappa shape index (κ2) is 7.78. The van der Waals surface area contributed by atoms with Crippen LogP contribution in [-0.2, 0) is 10.2 Å². The summed E-state index contributed by atoms with van der Waals surface area (Å²) >= 11 is 0. The molecule has 1 aromatic carbocycles. The molecule has 1 rings (SSSR count). The number of hydrogen-bond donors (Lipinski definition) is 3. The molecule has 0 spiro atoms. The molecule has 1 aromatic rings. The minimum absolute atomic E-state index is 0.0832. The van der Waals surface area contributed by atoms with Crippen LogP contribution in [-0.4, -0.2) is 31.1 Å². The van der Waals surface area contributed by atoms with Gasteiger partial charge in [-0.05, 0) is 19.4 Å². The maximum Gasteiger partial charge on any atom is 0.321 e. The van der Waals surface area contributed by atoms with E-state index in [0.29, 0.717) is 6.54 Å². The number of urea groups is 1. The number of carbonyl (C=O) groups is 2. The maximum atomic E-state index is 11.7. The van der Waals surface area contributed by atoms with Gasteiger partial charge < -0.3 is 10.6 Å². The Morgan fingerprint density at radius 2 is 1.81 bits per heavy atom. The molecule has 0 saturated heterocycles. The van der Waals surface area contributed by atoms with Gasteiger partial charge in [-0.2, -0.15) is 0 Å². The molecule has 0 aromatic heterocycles. The molecule has 0 heterocycles. The fraction of sp³-hybridized carbons (Fsp3) is 0.500. The van der Waals surface area contributed by atoms with E-state index in [-0.39, 0.29) is 23.9 Å². The van der Waals surface area contributed by atoms with Gasteiger partial charge in [0.05, 0.1) is 6.54 Å². The summed E-state index contributed by atoms with van der Waals surface area (Å²) in [6.07, 6.45) is 0. The standard InChI is InChI=1S/C16H25N3O2/c1-5-17-15(21)19-14(20)11-18-12(2)16(3,4)13-9-7-6-8-10-13/h6-10,12,18H,5,11H2,1-4H3,(H2,17,19,20,21). The Labute approximate surface area is 126 Å². The van der Waals surface area contributed by atoms with E-state index in [4.69, 9.17) is 0 Å². The lowest BCUT2D eigenvalue weighted by molar-refractivity contribution is -0.119. The lowest BCUT2D eigenvalue weighted by Gasteiger charge is -2.33. The van der Waals surface area contributed by atoms with Crippen molar-refractivity contribution in [3.05, 3.63) is 35.9 Å². The quantitative estimate of drug-likeness (QED) is 0.748. The predicted octanol–water partition coefficient (Wildman–Crippen LogP) is 1.79. The molecule has 21 heavy (non-hydrogen) atoms. The monoisotopic (exact) mass is 291 g/mol. The first-order chi connectivity index (χ1) is 9.87. The van der Waals surface area contributed by atoms with Crippen LogP contribution >= 0.6 is 0 Å². The van der Waals surface area contributed by atoms with E-state index < -0.39 is 6.03 Å². The van der Waals surface area contributed by atoms with E-state index in [0.717, 1.165) is 0 Å². The SMILES string of the molecule is CCNC(=O)NC(=O)CNC(C)C(C)(C)c1ccccc1. The van der Waals surface area contributed by atoms with Gasteiger partial charge in [-0.1, -0.05) is 44.2 Å². The van der Waals surface area contributed by atoms with Crippen molar-refractivity contribution in [1.82, 2.24) is 16.0 Å². The lowest BCUT2D eigenvalue weighted by Crippen LogP contribution is -2.49. The fourth-order valence-corrected chi connectivity index (χ4v) is 1.99. The van der Waals surface area contributed by atoms with Gasteiger partial charge in [0.2, 0.25) is 5.91 Å². The second-order valence-electron chi connectivity index (χ2n) is 5.60. The van der Waals surface area contributed by atoms with Crippen LogP contribution in [0.1, 0.15) is 33.3 Å². The van der Waals surface area contributed by atoms with E-state index in [1.807, 2.05) is 25.1 Å². The van der Waals surface area contributed by atoms with Gasteiger partial charge in [0.15, 0.2) is 0 Å². The Hall–Kier alpha value is -1.88. The molecule has 3 amide bonds. The smallest absolute Gasteiger partial charge is 0.321 e. The van der Waals surface area contributed by atoms with E-state index >= 15 is 0 Å².